The fraction of sp³-hybridized carbons (Fsp3) is 0.438. The summed E-state index contributed by atoms with van der Waals surface area (Å²) in [6.07, 6.45) is 2.13. The van der Waals surface area contributed by atoms with Crippen molar-refractivity contribution in [3.05, 3.63) is 41.7 Å². The Morgan fingerprint density at radius 1 is 1.36 bits per heavy atom. The maximum Gasteiger partial charge on any atom is 0.251 e. The lowest BCUT2D eigenvalue weighted by Crippen LogP contribution is -2.38. The highest BCUT2D eigenvalue weighted by atomic mass is 19.1. The number of benzene rings is 1. The molecule has 1 aromatic rings. The van der Waals surface area contributed by atoms with Crippen molar-refractivity contribution in [1.82, 2.24) is 5.32 Å². The van der Waals surface area contributed by atoms with Crippen molar-refractivity contribution in [1.29, 1.82) is 0 Å². The molecule has 1 amide bonds. The maximum atomic E-state index is 12.4. The zero-order chi connectivity index (χ0) is 15.8. The third-order valence-corrected chi connectivity index (χ3v) is 3.51. The summed E-state index contributed by atoms with van der Waals surface area (Å²) in [5, 5.41) is 2.99. The van der Waals surface area contributed by atoms with Crippen LogP contribution in [-0.2, 0) is 4.74 Å². The van der Waals surface area contributed by atoms with Crippen LogP contribution in [0, 0.1) is 0 Å². The Morgan fingerprint density at radius 2 is 2.05 bits per heavy atom. The van der Waals surface area contributed by atoms with Crippen LogP contribution in [-0.4, -0.2) is 38.3 Å². The molecule has 0 atom stereocenters. The summed E-state index contributed by atoms with van der Waals surface area (Å²) in [4.78, 5) is 12.1. The van der Waals surface area contributed by atoms with E-state index in [1.807, 2.05) is 0 Å². The molecule has 1 heterocycles. The minimum absolute atomic E-state index is 0.0978. The number of carbonyl (C=O) groups excluding carboxylic acids is 1. The Labute approximate surface area is 129 Å². The molecule has 0 unspecified atom stereocenters. The van der Waals surface area contributed by atoms with Crippen LogP contribution in [0.4, 0.5) is 4.39 Å². The van der Waals surface area contributed by atoms with Crippen LogP contribution in [0.3, 0.4) is 0 Å². The van der Waals surface area contributed by atoms with Crippen molar-refractivity contribution >= 4 is 5.91 Å². The predicted octanol–water partition coefficient (Wildman–Crippen LogP) is 1.79. The fourth-order valence-electron chi connectivity index (χ4n) is 2.12. The highest BCUT2D eigenvalue weighted by Crippen LogP contribution is 2.14. The van der Waals surface area contributed by atoms with Crippen LogP contribution < -0.4 is 15.8 Å². The summed E-state index contributed by atoms with van der Waals surface area (Å²) >= 11 is 0. The normalized spacial score (nSPS) is 16.4. The standard InChI is InChI=1S/C16H21FN2O3/c17-9-12(10-18)11-22-15-3-1-13(2-4-15)16(20)19-14-5-7-21-8-6-14/h1-4,9,14H,5-8,10-11,18H2,(H,19,20)/b12-9-. The summed E-state index contributed by atoms with van der Waals surface area (Å²) in [5.74, 6) is 0.458. The topological polar surface area (TPSA) is 73.6 Å². The summed E-state index contributed by atoms with van der Waals surface area (Å²) in [5.41, 5.74) is 6.29. The highest BCUT2D eigenvalue weighted by molar-refractivity contribution is 5.94. The Morgan fingerprint density at radius 3 is 2.64 bits per heavy atom. The van der Waals surface area contributed by atoms with E-state index in [4.69, 9.17) is 15.2 Å². The number of hydrogen-bond acceptors (Lipinski definition) is 4. The minimum atomic E-state index is -0.107. The van der Waals surface area contributed by atoms with Crippen LogP contribution in [0.2, 0.25) is 0 Å². The van der Waals surface area contributed by atoms with Crippen molar-refractivity contribution in [3.8, 4) is 5.75 Å². The van der Waals surface area contributed by atoms with E-state index in [0.29, 0.717) is 36.4 Å². The molecule has 0 radical (unpaired) electrons. The van der Waals surface area contributed by atoms with Gasteiger partial charge in [0, 0.05) is 36.9 Å². The molecule has 1 aliphatic rings. The van der Waals surface area contributed by atoms with Gasteiger partial charge in [0.1, 0.15) is 12.4 Å². The van der Waals surface area contributed by atoms with Crippen LogP contribution in [0.25, 0.3) is 0 Å². The summed E-state index contributed by atoms with van der Waals surface area (Å²) in [7, 11) is 0. The van der Waals surface area contributed by atoms with E-state index in [1.54, 1.807) is 24.3 Å². The van der Waals surface area contributed by atoms with Gasteiger partial charge in [0.15, 0.2) is 0 Å². The van der Waals surface area contributed by atoms with Gasteiger partial charge in [-0.05, 0) is 37.1 Å². The van der Waals surface area contributed by atoms with E-state index in [1.165, 1.54) is 0 Å². The van der Waals surface area contributed by atoms with Gasteiger partial charge in [-0.1, -0.05) is 0 Å². The number of carbonyl (C=O) groups is 1. The Hall–Kier alpha value is -1.92. The zero-order valence-electron chi connectivity index (χ0n) is 12.4. The van der Waals surface area contributed by atoms with E-state index in [9.17, 15) is 9.18 Å². The lowest BCUT2D eigenvalue weighted by Gasteiger charge is -2.23. The molecule has 1 fully saturated rings. The van der Waals surface area contributed by atoms with Gasteiger partial charge in [0.25, 0.3) is 5.91 Å². The van der Waals surface area contributed by atoms with Gasteiger partial charge in [-0.3, -0.25) is 4.79 Å². The number of halogens is 1. The van der Waals surface area contributed by atoms with Gasteiger partial charge in [-0.2, -0.15) is 0 Å². The van der Waals surface area contributed by atoms with Gasteiger partial charge >= 0.3 is 0 Å². The molecule has 120 valence electrons. The first-order valence-electron chi connectivity index (χ1n) is 7.32. The molecule has 1 aliphatic heterocycles. The molecule has 0 aromatic heterocycles. The largest absolute Gasteiger partial charge is 0.489 e. The first-order chi connectivity index (χ1) is 10.7. The second kappa shape index (κ2) is 8.51. The van der Waals surface area contributed by atoms with E-state index < -0.39 is 0 Å². The first kappa shape index (κ1) is 16.5. The molecule has 0 spiro atoms. The molecule has 1 aromatic carbocycles. The molecular formula is C16H21FN2O3. The van der Waals surface area contributed by atoms with Crippen LogP contribution in [0.15, 0.2) is 36.2 Å². The van der Waals surface area contributed by atoms with E-state index in [0.717, 1.165) is 12.8 Å². The third-order valence-electron chi connectivity index (χ3n) is 3.51. The van der Waals surface area contributed by atoms with Crippen molar-refractivity contribution in [3.63, 3.8) is 0 Å². The SMILES string of the molecule is NC/C(=C/F)COc1ccc(C(=O)NC2CCOCC2)cc1. The van der Waals surface area contributed by atoms with Crippen molar-refractivity contribution < 1.29 is 18.7 Å². The van der Waals surface area contributed by atoms with Gasteiger partial charge < -0.3 is 20.5 Å². The second-order valence-corrected chi connectivity index (χ2v) is 5.14. The van der Waals surface area contributed by atoms with Gasteiger partial charge in [0.2, 0.25) is 0 Å². The van der Waals surface area contributed by atoms with Gasteiger partial charge in [0.05, 0.1) is 6.33 Å². The van der Waals surface area contributed by atoms with E-state index in [-0.39, 0.29) is 25.1 Å². The van der Waals surface area contributed by atoms with Gasteiger partial charge in [-0.25, -0.2) is 4.39 Å². The number of amides is 1. The predicted molar refractivity (Wildman–Crippen MR) is 81.5 cm³/mol. The monoisotopic (exact) mass is 308 g/mol. The third kappa shape index (κ3) is 4.82. The van der Waals surface area contributed by atoms with Crippen molar-refractivity contribution in [2.75, 3.05) is 26.4 Å². The quantitative estimate of drug-likeness (QED) is 0.840. The van der Waals surface area contributed by atoms with Crippen molar-refractivity contribution in [2.24, 2.45) is 5.73 Å². The summed E-state index contributed by atoms with van der Waals surface area (Å²) < 4.78 is 23.0. The number of nitrogens with one attached hydrogen (secondary N) is 1. The summed E-state index contributed by atoms with van der Waals surface area (Å²) in [6, 6.07) is 6.91. The summed E-state index contributed by atoms with van der Waals surface area (Å²) in [6.45, 7) is 1.58. The smallest absolute Gasteiger partial charge is 0.251 e. The maximum absolute atomic E-state index is 12.4. The molecule has 0 aliphatic carbocycles. The van der Waals surface area contributed by atoms with E-state index in [2.05, 4.69) is 5.32 Å². The minimum Gasteiger partial charge on any atom is -0.489 e. The molecular weight excluding hydrogens is 287 g/mol. The van der Waals surface area contributed by atoms with Crippen LogP contribution in [0.1, 0.15) is 23.2 Å². The molecule has 1 saturated heterocycles. The molecule has 6 heteroatoms. The number of rotatable bonds is 6. The molecule has 2 rings (SSSR count). The average Bonchev–Trinajstić information content (AvgIpc) is 2.57. The second-order valence-electron chi connectivity index (χ2n) is 5.14. The first-order valence-corrected chi connectivity index (χ1v) is 7.32. The van der Waals surface area contributed by atoms with Crippen molar-refractivity contribution in [2.45, 2.75) is 18.9 Å². The molecule has 3 N–H and O–H groups in total. The average molecular weight is 308 g/mol. The van der Waals surface area contributed by atoms with E-state index >= 15 is 0 Å². The fourth-order valence-corrected chi connectivity index (χ4v) is 2.12. The lowest BCUT2D eigenvalue weighted by molar-refractivity contribution is 0.0696. The number of nitrogens with two attached hydrogens (primary N) is 1. The Kier molecular flexibility index (Phi) is 6.36. The lowest BCUT2D eigenvalue weighted by atomic mass is 10.1. The van der Waals surface area contributed by atoms with Crippen LogP contribution in [0.5, 0.6) is 5.75 Å². The molecule has 0 saturated carbocycles. The number of hydrogen-bond donors (Lipinski definition) is 2. The number of ether oxygens (including phenoxy) is 2. The van der Waals surface area contributed by atoms with Gasteiger partial charge in [-0.15, -0.1) is 0 Å². The Balaban J connectivity index is 1.86. The Bertz CT molecular complexity index is 511. The van der Waals surface area contributed by atoms with Crippen LogP contribution >= 0.6 is 0 Å². The zero-order valence-corrected chi connectivity index (χ0v) is 12.4. The molecule has 22 heavy (non-hydrogen) atoms. The highest BCUT2D eigenvalue weighted by Gasteiger charge is 2.16. The molecule has 5 nitrogen and oxygen atoms in total. The molecule has 0 bridgehead atoms.